The van der Waals surface area contributed by atoms with Crippen molar-refractivity contribution in [1.29, 1.82) is 0 Å². The summed E-state index contributed by atoms with van der Waals surface area (Å²) < 4.78 is 0. The van der Waals surface area contributed by atoms with E-state index in [4.69, 9.17) is 0 Å². The van der Waals surface area contributed by atoms with Gasteiger partial charge in [0.2, 0.25) is 17.7 Å². The minimum atomic E-state index is -0.175. The van der Waals surface area contributed by atoms with Crippen LogP contribution in [0.2, 0.25) is 0 Å². The summed E-state index contributed by atoms with van der Waals surface area (Å²) in [6, 6.07) is 5.51. The van der Waals surface area contributed by atoms with Gasteiger partial charge in [-0.1, -0.05) is 18.9 Å². The van der Waals surface area contributed by atoms with Gasteiger partial charge in [0.1, 0.15) is 0 Å². The molecule has 6 nitrogen and oxygen atoms in total. The van der Waals surface area contributed by atoms with Crippen molar-refractivity contribution >= 4 is 17.7 Å². The van der Waals surface area contributed by atoms with Crippen molar-refractivity contribution in [3.63, 3.8) is 0 Å². The first-order chi connectivity index (χ1) is 11.2. The Labute approximate surface area is 135 Å². The second kappa shape index (κ2) is 6.89. The number of nitrogens with zero attached hydrogens (tertiary/aromatic N) is 2. The van der Waals surface area contributed by atoms with Crippen LogP contribution in [-0.2, 0) is 20.9 Å². The highest BCUT2D eigenvalue weighted by Gasteiger charge is 2.47. The molecule has 2 atom stereocenters. The molecular weight excluding hydrogens is 294 g/mol. The van der Waals surface area contributed by atoms with Gasteiger partial charge in [0.25, 0.3) is 0 Å². The molecule has 122 valence electrons. The molecule has 1 aliphatic carbocycles. The first-order valence-corrected chi connectivity index (χ1v) is 8.18. The number of nitrogens with one attached hydrogen (secondary N) is 1. The average Bonchev–Trinajstić information content (AvgIpc) is 2.83. The quantitative estimate of drug-likeness (QED) is 0.830. The van der Waals surface area contributed by atoms with Crippen LogP contribution in [0.5, 0.6) is 0 Å². The number of fused-ring (bicyclic) bond motifs is 1. The van der Waals surface area contributed by atoms with Crippen molar-refractivity contribution < 1.29 is 14.4 Å². The Morgan fingerprint density at radius 1 is 1.17 bits per heavy atom. The Morgan fingerprint density at radius 2 is 1.87 bits per heavy atom. The highest BCUT2D eigenvalue weighted by atomic mass is 16.2. The number of hydrogen-bond donors (Lipinski definition) is 1. The minimum Gasteiger partial charge on any atom is -0.350 e. The molecule has 3 rings (SSSR count). The molecule has 0 unspecified atom stereocenters. The summed E-state index contributed by atoms with van der Waals surface area (Å²) in [4.78, 5) is 41.9. The Morgan fingerprint density at radius 3 is 2.48 bits per heavy atom. The molecule has 0 radical (unpaired) electrons. The third-order valence-corrected chi connectivity index (χ3v) is 4.69. The van der Waals surface area contributed by atoms with Gasteiger partial charge in [-0.3, -0.25) is 24.3 Å². The molecule has 2 aliphatic rings. The number of imide groups is 1. The highest BCUT2D eigenvalue weighted by Crippen LogP contribution is 2.37. The van der Waals surface area contributed by atoms with Gasteiger partial charge in [-0.15, -0.1) is 0 Å². The standard InChI is InChI=1S/C17H21N3O3/c21-15(19-11-12-5-3-4-9-18-12)8-10-20-16(22)13-6-1-2-7-14(13)17(20)23/h3-5,9,13-14H,1-2,6-8,10-11H2,(H,19,21)/t13-,14-/m1/s1. The van der Waals surface area contributed by atoms with Crippen LogP contribution in [0.3, 0.4) is 0 Å². The van der Waals surface area contributed by atoms with E-state index in [1.54, 1.807) is 6.20 Å². The van der Waals surface area contributed by atoms with Crippen molar-refractivity contribution in [3.8, 4) is 0 Å². The maximum atomic E-state index is 12.3. The van der Waals surface area contributed by atoms with Crippen LogP contribution >= 0.6 is 0 Å². The molecule has 2 heterocycles. The van der Waals surface area contributed by atoms with Crippen molar-refractivity contribution in [1.82, 2.24) is 15.2 Å². The van der Waals surface area contributed by atoms with E-state index in [2.05, 4.69) is 10.3 Å². The fraction of sp³-hybridized carbons (Fsp3) is 0.529. The van der Waals surface area contributed by atoms with E-state index in [1.807, 2.05) is 18.2 Å². The summed E-state index contributed by atoms with van der Waals surface area (Å²) in [5.41, 5.74) is 0.778. The molecule has 1 aliphatic heterocycles. The van der Waals surface area contributed by atoms with Gasteiger partial charge in [-0.2, -0.15) is 0 Å². The van der Waals surface area contributed by atoms with Gasteiger partial charge in [0, 0.05) is 19.2 Å². The van der Waals surface area contributed by atoms with Crippen molar-refractivity contribution in [2.24, 2.45) is 11.8 Å². The van der Waals surface area contributed by atoms with Gasteiger partial charge in [-0.05, 0) is 25.0 Å². The van der Waals surface area contributed by atoms with Gasteiger partial charge >= 0.3 is 0 Å². The number of amides is 3. The zero-order chi connectivity index (χ0) is 16.2. The van der Waals surface area contributed by atoms with E-state index in [9.17, 15) is 14.4 Å². The van der Waals surface area contributed by atoms with Crippen molar-refractivity contribution in [2.45, 2.75) is 38.6 Å². The molecule has 1 saturated heterocycles. The molecule has 3 amide bonds. The van der Waals surface area contributed by atoms with Crippen LogP contribution in [0.25, 0.3) is 0 Å². The second-order valence-corrected chi connectivity index (χ2v) is 6.17. The largest absolute Gasteiger partial charge is 0.350 e. The van der Waals surface area contributed by atoms with E-state index >= 15 is 0 Å². The Balaban J connectivity index is 1.49. The third-order valence-electron chi connectivity index (χ3n) is 4.69. The molecule has 1 N–H and O–H groups in total. The molecule has 0 spiro atoms. The first-order valence-electron chi connectivity index (χ1n) is 8.18. The maximum Gasteiger partial charge on any atom is 0.233 e. The molecule has 1 aromatic heterocycles. The fourth-order valence-electron chi connectivity index (χ4n) is 3.44. The Hall–Kier alpha value is -2.24. The minimum absolute atomic E-state index is 0.0859. The van der Waals surface area contributed by atoms with Crippen LogP contribution in [0.4, 0.5) is 0 Å². The molecule has 6 heteroatoms. The second-order valence-electron chi connectivity index (χ2n) is 6.17. The van der Waals surface area contributed by atoms with Crippen molar-refractivity contribution in [3.05, 3.63) is 30.1 Å². The van der Waals surface area contributed by atoms with Crippen LogP contribution in [0.15, 0.2) is 24.4 Å². The monoisotopic (exact) mass is 315 g/mol. The summed E-state index contributed by atoms with van der Waals surface area (Å²) in [6.45, 7) is 0.533. The maximum absolute atomic E-state index is 12.3. The van der Waals surface area contributed by atoms with Gasteiger partial charge in [0.05, 0.1) is 24.1 Å². The third kappa shape index (κ3) is 3.41. The summed E-state index contributed by atoms with van der Waals surface area (Å²) in [6.07, 6.45) is 5.45. The van der Waals surface area contributed by atoms with Gasteiger partial charge < -0.3 is 5.32 Å². The number of hydrogen-bond acceptors (Lipinski definition) is 4. The van der Waals surface area contributed by atoms with E-state index in [0.717, 1.165) is 31.4 Å². The van der Waals surface area contributed by atoms with E-state index in [1.165, 1.54) is 4.90 Å². The molecular formula is C17H21N3O3. The van der Waals surface area contributed by atoms with Crippen LogP contribution in [0, 0.1) is 11.8 Å². The highest BCUT2D eigenvalue weighted by molar-refractivity contribution is 6.05. The average molecular weight is 315 g/mol. The molecule has 0 bridgehead atoms. The SMILES string of the molecule is O=C(CCN1C(=O)[C@@H]2CCCC[C@H]2C1=O)NCc1ccccn1. The molecule has 23 heavy (non-hydrogen) atoms. The smallest absolute Gasteiger partial charge is 0.233 e. The lowest BCUT2D eigenvalue weighted by molar-refractivity contribution is -0.140. The number of pyridine rings is 1. The molecule has 1 saturated carbocycles. The number of carbonyl (C=O) groups is 3. The van der Waals surface area contributed by atoms with Crippen LogP contribution in [0.1, 0.15) is 37.8 Å². The Bertz CT molecular complexity index is 578. The fourth-order valence-corrected chi connectivity index (χ4v) is 3.44. The van der Waals surface area contributed by atoms with Gasteiger partial charge in [-0.25, -0.2) is 0 Å². The zero-order valence-electron chi connectivity index (χ0n) is 13.0. The number of aromatic nitrogens is 1. The normalized spacial score (nSPS) is 23.7. The summed E-state index contributed by atoms with van der Waals surface area (Å²) in [5.74, 6) is -0.638. The summed E-state index contributed by atoms with van der Waals surface area (Å²) in [7, 11) is 0. The molecule has 1 aromatic rings. The Kier molecular flexibility index (Phi) is 4.69. The number of likely N-dealkylation sites (tertiary alicyclic amines) is 1. The van der Waals surface area contributed by atoms with E-state index in [-0.39, 0.29) is 42.5 Å². The predicted octanol–water partition coefficient (Wildman–Crippen LogP) is 1.26. The lowest BCUT2D eigenvalue weighted by atomic mass is 9.81. The van der Waals surface area contributed by atoms with Crippen LogP contribution < -0.4 is 5.32 Å². The van der Waals surface area contributed by atoms with Crippen LogP contribution in [-0.4, -0.2) is 34.2 Å². The first kappa shape index (κ1) is 15.6. The van der Waals surface area contributed by atoms with E-state index in [0.29, 0.717) is 6.54 Å². The zero-order valence-corrected chi connectivity index (χ0v) is 13.0. The lowest BCUT2D eigenvalue weighted by Crippen LogP contribution is -2.35. The number of carbonyl (C=O) groups excluding carboxylic acids is 3. The summed E-state index contributed by atoms with van der Waals surface area (Å²) in [5, 5.41) is 2.76. The van der Waals surface area contributed by atoms with E-state index < -0.39 is 0 Å². The lowest BCUT2D eigenvalue weighted by Gasteiger charge is -2.19. The van der Waals surface area contributed by atoms with Gasteiger partial charge in [0.15, 0.2) is 0 Å². The molecule has 0 aromatic carbocycles. The molecule has 2 fully saturated rings. The topological polar surface area (TPSA) is 79.4 Å². The predicted molar refractivity (Wildman–Crippen MR) is 82.9 cm³/mol. The van der Waals surface area contributed by atoms with Crippen molar-refractivity contribution in [2.75, 3.05) is 6.54 Å². The number of rotatable bonds is 5. The summed E-state index contributed by atoms with van der Waals surface area (Å²) >= 11 is 0.